The normalized spacial score (nSPS) is 11.6. The van der Waals surface area contributed by atoms with Crippen molar-refractivity contribution in [3.63, 3.8) is 0 Å². The minimum absolute atomic E-state index is 0.884. The van der Waals surface area contributed by atoms with Gasteiger partial charge in [-0.2, -0.15) is 0 Å². The van der Waals surface area contributed by atoms with Crippen LogP contribution >= 0.6 is 0 Å². The van der Waals surface area contributed by atoms with Crippen LogP contribution in [-0.4, -0.2) is 4.57 Å². The van der Waals surface area contributed by atoms with E-state index < -0.39 is 0 Å². The Morgan fingerprint density at radius 3 is 1.32 bits per heavy atom. The molecular formula is C80H53N3O. The lowest BCUT2D eigenvalue weighted by Crippen LogP contribution is -2.14. The molecule has 16 aromatic rings. The van der Waals surface area contributed by atoms with Crippen molar-refractivity contribution in [2.24, 2.45) is 0 Å². The van der Waals surface area contributed by atoms with Gasteiger partial charge >= 0.3 is 0 Å². The molecule has 84 heavy (non-hydrogen) atoms. The molecule has 0 fully saturated rings. The summed E-state index contributed by atoms with van der Waals surface area (Å²) in [5.41, 5.74) is 20.5. The van der Waals surface area contributed by atoms with Crippen molar-refractivity contribution >= 4 is 99.4 Å². The Bertz CT molecular complexity index is 5020. The molecule has 0 bridgehead atoms. The van der Waals surface area contributed by atoms with Crippen LogP contribution in [0.25, 0.3) is 115 Å². The first-order valence-electron chi connectivity index (χ1n) is 28.7. The van der Waals surface area contributed by atoms with Crippen molar-refractivity contribution < 1.29 is 4.42 Å². The molecule has 0 N–H and O–H groups in total. The number of hydrogen-bond acceptors (Lipinski definition) is 3. The van der Waals surface area contributed by atoms with E-state index >= 15 is 0 Å². The van der Waals surface area contributed by atoms with Crippen LogP contribution in [0.4, 0.5) is 34.1 Å². The lowest BCUT2D eigenvalue weighted by molar-refractivity contribution is 0.669. The smallest absolute Gasteiger partial charge is 0.135 e. The molecule has 0 saturated carbocycles. The number of anilines is 6. The van der Waals surface area contributed by atoms with Gasteiger partial charge in [0.2, 0.25) is 0 Å². The maximum absolute atomic E-state index is 6.28. The third-order valence-electron chi connectivity index (χ3n) is 16.7. The highest BCUT2D eigenvalue weighted by atomic mass is 16.3. The Hall–Kier alpha value is -11.2. The van der Waals surface area contributed by atoms with Crippen molar-refractivity contribution in [1.82, 2.24) is 4.57 Å². The second kappa shape index (κ2) is 20.4. The van der Waals surface area contributed by atoms with Crippen molar-refractivity contribution in [3.8, 4) is 50.2 Å². The van der Waals surface area contributed by atoms with E-state index in [-0.39, 0.29) is 0 Å². The van der Waals surface area contributed by atoms with Crippen molar-refractivity contribution in [3.05, 3.63) is 322 Å². The maximum atomic E-state index is 6.28. The summed E-state index contributed by atoms with van der Waals surface area (Å²) in [4.78, 5) is 4.88. The topological polar surface area (TPSA) is 24.6 Å². The Labute approximate surface area is 487 Å². The van der Waals surface area contributed by atoms with Gasteiger partial charge in [0, 0.05) is 61.4 Å². The molecular weight excluding hydrogens is 1020 g/mol. The second-order valence-corrected chi connectivity index (χ2v) is 21.7. The lowest BCUT2D eigenvalue weighted by atomic mass is 9.92. The van der Waals surface area contributed by atoms with Gasteiger partial charge in [0.25, 0.3) is 0 Å². The van der Waals surface area contributed by atoms with Gasteiger partial charge in [-0.1, -0.05) is 212 Å². The first kappa shape index (κ1) is 48.7. The number of para-hydroxylation sites is 3. The molecule has 16 rings (SSSR count). The van der Waals surface area contributed by atoms with Gasteiger partial charge < -0.3 is 18.8 Å². The Morgan fingerprint density at radius 2 is 0.679 bits per heavy atom. The van der Waals surface area contributed by atoms with Crippen LogP contribution in [0.1, 0.15) is 0 Å². The number of aromatic nitrogens is 1. The fourth-order valence-corrected chi connectivity index (χ4v) is 12.7. The Kier molecular flexibility index (Phi) is 11.8. The van der Waals surface area contributed by atoms with Gasteiger partial charge in [0.15, 0.2) is 0 Å². The number of nitrogens with zero attached hydrogens (tertiary/aromatic N) is 3. The molecule has 4 nitrogen and oxygen atoms in total. The molecule has 394 valence electrons. The second-order valence-electron chi connectivity index (χ2n) is 21.7. The minimum Gasteiger partial charge on any atom is -0.456 e. The monoisotopic (exact) mass is 1070 g/mol. The number of fused-ring (bicyclic) bond motifs is 9. The molecule has 14 aromatic carbocycles. The first-order valence-corrected chi connectivity index (χ1v) is 28.7. The van der Waals surface area contributed by atoms with E-state index in [0.29, 0.717) is 0 Å². The number of benzene rings is 14. The predicted octanol–water partition coefficient (Wildman–Crippen LogP) is 22.6. The molecule has 4 heteroatoms. The third-order valence-corrected chi connectivity index (χ3v) is 16.7. The van der Waals surface area contributed by atoms with Crippen LogP contribution in [0.2, 0.25) is 0 Å². The molecule has 0 aliphatic carbocycles. The third kappa shape index (κ3) is 8.55. The quantitative estimate of drug-likeness (QED) is 0.121. The molecule has 0 spiro atoms. The zero-order chi connectivity index (χ0) is 55.5. The molecule has 0 unspecified atom stereocenters. The van der Waals surface area contributed by atoms with E-state index in [2.05, 4.69) is 324 Å². The maximum Gasteiger partial charge on any atom is 0.135 e. The van der Waals surface area contributed by atoms with Gasteiger partial charge in [0.1, 0.15) is 11.2 Å². The van der Waals surface area contributed by atoms with E-state index in [1.807, 2.05) is 12.1 Å². The molecule has 0 amide bonds. The van der Waals surface area contributed by atoms with Crippen molar-refractivity contribution in [2.45, 2.75) is 0 Å². The highest BCUT2D eigenvalue weighted by molar-refractivity contribution is 6.15. The van der Waals surface area contributed by atoms with E-state index in [4.69, 9.17) is 4.42 Å². The first-order chi connectivity index (χ1) is 41.6. The SMILES string of the molecule is c1ccc(-c2ccc(N(c3ccc(-c4ccccc4)cc3)c3cc(-c4cc5ccccc5c5ccccc45)cc(N(c4ccc(-c5ccc6oc7ccccc7c6c5)cc4)c4ccc5c6ccccc6n(-c6ccccc6)c5c4)c3)cc2)cc1. The van der Waals surface area contributed by atoms with Crippen LogP contribution < -0.4 is 9.80 Å². The molecule has 2 aromatic heterocycles. The fraction of sp³-hybridized carbons (Fsp3) is 0. The molecule has 0 aliphatic rings. The zero-order valence-electron chi connectivity index (χ0n) is 45.8. The molecule has 0 radical (unpaired) electrons. The Balaban J connectivity index is 0.953. The molecule has 0 atom stereocenters. The summed E-state index contributed by atoms with van der Waals surface area (Å²) in [6.45, 7) is 0. The lowest BCUT2D eigenvalue weighted by Gasteiger charge is -2.31. The number of hydrogen-bond donors (Lipinski definition) is 0. The fourth-order valence-electron chi connectivity index (χ4n) is 12.7. The van der Waals surface area contributed by atoms with Gasteiger partial charge in [0.05, 0.1) is 11.0 Å². The molecule has 2 heterocycles. The van der Waals surface area contributed by atoms with Gasteiger partial charge in [-0.15, -0.1) is 0 Å². The summed E-state index contributed by atoms with van der Waals surface area (Å²) in [7, 11) is 0. The van der Waals surface area contributed by atoms with Crippen LogP contribution in [0, 0.1) is 0 Å². The Morgan fingerprint density at radius 1 is 0.226 bits per heavy atom. The summed E-state index contributed by atoms with van der Waals surface area (Å²) in [6.07, 6.45) is 0. The van der Waals surface area contributed by atoms with E-state index in [9.17, 15) is 0 Å². The summed E-state index contributed by atoms with van der Waals surface area (Å²) < 4.78 is 8.69. The number of furan rings is 1. The van der Waals surface area contributed by atoms with Gasteiger partial charge in [-0.3, -0.25) is 0 Å². The standard InChI is InChI=1S/C80H53N3O/c1-4-18-54(19-5-1)56-32-39-63(40-33-56)81(64-41-34-57(35-42-64)55-20-6-2-7-21-55)67-48-61(75-51-60-22-10-11-25-69(60)70-26-12-13-27-71(70)75)49-68(52-67)82(65-43-36-58(37-44-65)59-38-47-80-76(50-59)74-29-15-17-31-79(74)84-80)66-45-46-73-72-28-14-16-30-77(72)83(78(73)53-66)62-23-8-3-9-24-62/h1-53H. The van der Waals surface area contributed by atoms with E-state index in [0.717, 1.165) is 106 Å². The average Bonchev–Trinajstić information content (AvgIpc) is 4.18. The van der Waals surface area contributed by atoms with Crippen molar-refractivity contribution in [2.75, 3.05) is 9.80 Å². The average molecular weight is 1070 g/mol. The molecule has 0 saturated heterocycles. The van der Waals surface area contributed by atoms with E-state index in [1.165, 1.54) is 43.4 Å². The van der Waals surface area contributed by atoms with Gasteiger partial charge in [-0.05, 0) is 175 Å². The van der Waals surface area contributed by atoms with Crippen LogP contribution in [-0.2, 0) is 0 Å². The predicted molar refractivity (Wildman–Crippen MR) is 354 cm³/mol. The van der Waals surface area contributed by atoms with Gasteiger partial charge in [-0.25, -0.2) is 0 Å². The van der Waals surface area contributed by atoms with E-state index in [1.54, 1.807) is 0 Å². The summed E-state index contributed by atoms with van der Waals surface area (Å²) in [5, 5.41) is 9.46. The summed E-state index contributed by atoms with van der Waals surface area (Å²) >= 11 is 0. The highest BCUT2D eigenvalue weighted by Gasteiger charge is 2.23. The molecule has 0 aliphatic heterocycles. The van der Waals surface area contributed by atoms with Crippen LogP contribution in [0.15, 0.2) is 326 Å². The number of rotatable bonds is 11. The minimum atomic E-state index is 0.884. The van der Waals surface area contributed by atoms with Crippen molar-refractivity contribution in [1.29, 1.82) is 0 Å². The van der Waals surface area contributed by atoms with Crippen LogP contribution in [0.3, 0.4) is 0 Å². The largest absolute Gasteiger partial charge is 0.456 e. The highest BCUT2D eigenvalue weighted by Crippen LogP contribution is 2.47. The zero-order valence-corrected chi connectivity index (χ0v) is 45.8. The summed E-state index contributed by atoms with van der Waals surface area (Å²) in [5.74, 6) is 0. The summed E-state index contributed by atoms with van der Waals surface area (Å²) in [6, 6.07) is 117. The van der Waals surface area contributed by atoms with Crippen LogP contribution in [0.5, 0.6) is 0 Å².